The zero-order chi connectivity index (χ0) is 11.2. The largest absolute Gasteiger partial charge is 0.271 e. The van der Waals surface area contributed by atoms with Crippen LogP contribution in [0, 0.1) is 12.3 Å². The summed E-state index contributed by atoms with van der Waals surface area (Å²) in [5.74, 6) is 0. The molecule has 2 nitrogen and oxygen atoms in total. The summed E-state index contributed by atoms with van der Waals surface area (Å²) in [5.41, 5.74) is 2.66. The molecule has 1 aromatic heterocycles. The van der Waals surface area contributed by atoms with Crippen LogP contribution in [0.5, 0.6) is 0 Å². The maximum absolute atomic E-state index is 6.25. The molecule has 1 aliphatic rings. The SMILES string of the molecule is Cc1nn(C)c(CC2(C(C)Cl)CC2)c1Br. The van der Waals surface area contributed by atoms with Gasteiger partial charge in [-0.2, -0.15) is 5.10 Å². The molecule has 4 heteroatoms. The summed E-state index contributed by atoms with van der Waals surface area (Å²) in [5, 5.41) is 4.66. The minimum Gasteiger partial charge on any atom is -0.271 e. The summed E-state index contributed by atoms with van der Waals surface area (Å²) in [6, 6.07) is 0. The quantitative estimate of drug-likeness (QED) is 0.780. The first-order chi connectivity index (χ1) is 6.96. The van der Waals surface area contributed by atoms with Gasteiger partial charge >= 0.3 is 0 Å². The van der Waals surface area contributed by atoms with Crippen LogP contribution in [0.4, 0.5) is 0 Å². The van der Waals surface area contributed by atoms with Crippen LogP contribution < -0.4 is 0 Å². The van der Waals surface area contributed by atoms with E-state index in [1.165, 1.54) is 18.5 Å². The molecule has 15 heavy (non-hydrogen) atoms. The molecule has 1 aliphatic carbocycles. The molecule has 1 aromatic rings. The fraction of sp³-hybridized carbons (Fsp3) is 0.727. The molecule has 0 N–H and O–H groups in total. The summed E-state index contributed by atoms with van der Waals surface area (Å²) in [4.78, 5) is 0. The molecule has 0 radical (unpaired) electrons. The zero-order valence-corrected chi connectivity index (χ0v) is 11.7. The highest BCUT2D eigenvalue weighted by atomic mass is 79.9. The van der Waals surface area contributed by atoms with Gasteiger partial charge in [0.2, 0.25) is 0 Å². The van der Waals surface area contributed by atoms with Gasteiger partial charge in [0, 0.05) is 12.4 Å². The number of aryl methyl sites for hydroxylation is 2. The standard InChI is InChI=1S/C11H16BrClN2/c1-7-10(12)9(15(3)14-7)6-11(4-5-11)8(2)13/h8H,4-6H2,1-3H3. The third-order valence-electron chi connectivity index (χ3n) is 3.52. The summed E-state index contributed by atoms with van der Waals surface area (Å²) >= 11 is 9.85. The Hall–Kier alpha value is -0.0200. The highest BCUT2D eigenvalue weighted by molar-refractivity contribution is 9.10. The maximum atomic E-state index is 6.25. The Bertz CT molecular complexity index is 380. The van der Waals surface area contributed by atoms with Crippen molar-refractivity contribution in [3.05, 3.63) is 15.9 Å². The van der Waals surface area contributed by atoms with Crippen molar-refractivity contribution in [1.29, 1.82) is 0 Å². The van der Waals surface area contributed by atoms with Crippen LogP contribution in [-0.2, 0) is 13.5 Å². The van der Waals surface area contributed by atoms with Crippen molar-refractivity contribution in [2.45, 2.75) is 38.5 Å². The third kappa shape index (κ3) is 1.96. The molecule has 1 heterocycles. The van der Waals surface area contributed by atoms with Crippen LogP contribution in [0.25, 0.3) is 0 Å². The van der Waals surface area contributed by atoms with Crippen LogP contribution in [-0.4, -0.2) is 15.2 Å². The van der Waals surface area contributed by atoms with Gasteiger partial charge in [-0.3, -0.25) is 4.68 Å². The molecule has 2 rings (SSSR count). The predicted molar refractivity (Wildman–Crippen MR) is 66.3 cm³/mol. The van der Waals surface area contributed by atoms with E-state index in [1.807, 2.05) is 18.7 Å². The number of nitrogens with zero attached hydrogens (tertiary/aromatic N) is 2. The monoisotopic (exact) mass is 290 g/mol. The van der Waals surface area contributed by atoms with Crippen LogP contribution in [0.15, 0.2) is 4.47 Å². The first kappa shape index (κ1) is 11.5. The first-order valence-corrected chi connectivity index (χ1v) is 6.51. The lowest BCUT2D eigenvalue weighted by Gasteiger charge is -2.17. The zero-order valence-electron chi connectivity index (χ0n) is 9.35. The Kier molecular flexibility index (Phi) is 2.89. The van der Waals surface area contributed by atoms with Crippen LogP contribution in [0.1, 0.15) is 31.2 Å². The van der Waals surface area contributed by atoms with E-state index in [4.69, 9.17) is 11.6 Å². The third-order valence-corrected chi connectivity index (χ3v) is 5.01. The Labute approximate surface area is 104 Å². The van der Waals surface area contributed by atoms with E-state index >= 15 is 0 Å². The summed E-state index contributed by atoms with van der Waals surface area (Å²) < 4.78 is 3.12. The molecule has 0 spiro atoms. The van der Waals surface area contributed by atoms with Gasteiger partial charge in [-0.15, -0.1) is 11.6 Å². The topological polar surface area (TPSA) is 17.8 Å². The van der Waals surface area contributed by atoms with Crippen molar-refractivity contribution in [2.75, 3.05) is 0 Å². The lowest BCUT2D eigenvalue weighted by atomic mass is 9.96. The van der Waals surface area contributed by atoms with E-state index in [0.717, 1.165) is 16.6 Å². The van der Waals surface area contributed by atoms with Gasteiger partial charge in [0.1, 0.15) is 0 Å². The molecule has 1 saturated carbocycles. The predicted octanol–water partition coefficient (Wildman–Crippen LogP) is 3.44. The lowest BCUT2D eigenvalue weighted by Crippen LogP contribution is -2.17. The normalized spacial score (nSPS) is 20.3. The summed E-state index contributed by atoms with van der Waals surface area (Å²) in [7, 11) is 2.00. The Balaban J connectivity index is 2.25. The molecule has 0 saturated heterocycles. The van der Waals surface area contributed by atoms with E-state index in [0.29, 0.717) is 5.41 Å². The van der Waals surface area contributed by atoms with Gasteiger partial charge < -0.3 is 0 Å². The van der Waals surface area contributed by atoms with E-state index < -0.39 is 0 Å². The van der Waals surface area contributed by atoms with E-state index in [9.17, 15) is 0 Å². The van der Waals surface area contributed by atoms with Crippen LogP contribution >= 0.6 is 27.5 Å². The van der Waals surface area contributed by atoms with Crippen molar-refractivity contribution in [1.82, 2.24) is 9.78 Å². The van der Waals surface area contributed by atoms with E-state index in [1.54, 1.807) is 0 Å². The van der Waals surface area contributed by atoms with Crippen molar-refractivity contribution in [3.63, 3.8) is 0 Å². The fourth-order valence-corrected chi connectivity index (χ4v) is 2.85. The average Bonchev–Trinajstić information content (AvgIpc) is 2.89. The van der Waals surface area contributed by atoms with Crippen LogP contribution in [0.2, 0.25) is 0 Å². The number of rotatable bonds is 3. The number of halogens is 2. The van der Waals surface area contributed by atoms with Crippen molar-refractivity contribution < 1.29 is 0 Å². The molecular weight excluding hydrogens is 275 g/mol. The van der Waals surface area contributed by atoms with Gasteiger partial charge in [0.05, 0.1) is 15.9 Å². The number of hydrogen-bond acceptors (Lipinski definition) is 1. The van der Waals surface area contributed by atoms with E-state index in [-0.39, 0.29) is 5.38 Å². The highest BCUT2D eigenvalue weighted by Crippen LogP contribution is 2.53. The molecule has 1 fully saturated rings. The molecule has 1 unspecified atom stereocenters. The Morgan fingerprint density at radius 2 is 2.20 bits per heavy atom. The molecule has 0 aliphatic heterocycles. The van der Waals surface area contributed by atoms with Gasteiger partial charge in [0.25, 0.3) is 0 Å². The lowest BCUT2D eigenvalue weighted by molar-refractivity contribution is 0.475. The summed E-state index contributed by atoms with van der Waals surface area (Å²) in [6.45, 7) is 4.13. The van der Waals surface area contributed by atoms with Gasteiger partial charge in [-0.05, 0) is 54.5 Å². The van der Waals surface area contributed by atoms with Gasteiger partial charge in [0.15, 0.2) is 0 Å². The average molecular weight is 292 g/mol. The number of hydrogen-bond donors (Lipinski definition) is 0. The van der Waals surface area contributed by atoms with Crippen molar-refractivity contribution in [2.24, 2.45) is 12.5 Å². The Morgan fingerprint density at radius 3 is 2.53 bits per heavy atom. The molecule has 0 aromatic carbocycles. The highest BCUT2D eigenvalue weighted by Gasteiger charge is 2.47. The van der Waals surface area contributed by atoms with Gasteiger partial charge in [-0.1, -0.05) is 0 Å². The second kappa shape index (κ2) is 3.77. The smallest absolute Gasteiger partial charge is 0.0738 e. The maximum Gasteiger partial charge on any atom is 0.0738 e. The molecule has 1 atom stereocenters. The minimum atomic E-state index is 0.250. The molecular formula is C11H16BrClN2. The van der Waals surface area contributed by atoms with Crippen molar-refractivity contribution in [3.8, 4) is 0 Å². The first-order valence-electron chi connectivity index (χ1n) is 5.28. The number of alkyl halides is 1. The second-order valence-electron chi connectivity index (χ2n) is 4.62. The fourth-order valence-electron chi connectivity index (χ4n) is 2.08. The molecule has 0 bridgehead atoms. The van der Waals surface area contributed by atoms with Crippen LogP contribution in [0.3, 0.4) is 0 Å². The van der Waals surface area contributed by atoms with E-state index in [2.05, 4.69) is 28.0 Å². The van der Waals surface area contributed by atoms with Gasteiger partial charge in [-0.25, -0.2) is 0 Å². The molecule has 0 amide bonds. The minimum absolute atomic E-state index is 0.250. The van der Waals surface area contributed by atoms with Crippen molar-refractivity contribution >= 4 is 27.5 Å². The Morgan fingerprint density at radius 1 is 1.60 bits per heavy atom. The number of aromatic nitrogens is 2. The molecule has 84 valence electrons. The summed E-state index contributed by atoms with van der Waals surface area (Å²) in [6.07, 6.45) is 3.53. The second-order valence-corrected chi connectivity index (χ2v) is 6.07.